The van der Waals surface area contributed by atoms with Crippen molar-refractivity contribution >= 4 is 17.8 Å². The number of methoxy groups -OCH3 is 1. The molecule has 0 heterocycles. The first-order valence-electron chi connectivity index (χ1n) is 10.2. The van der Waals surface area contributed by atoms with Gasteiger partial charge in [-0.25, -0.2) is 4.79 Å². The lowest BCUT2D eigenvalue weighted by molar-refractivity contribution is -0.146. The maximum absolute atomic E-state index is 11.9. The summed E-state index contributed by atoms with van der Waals surface area (Å²) in [6.07, 6.45) is 14.9. The van der Waals surface area contributed by atoms with Crippen LogP contribution in [0.5, 0.6) is 0 Å². The third-order valence-corrected chi connectivity index (χ3v) is 4.48. The molecule has 0 spiro atoms. The van der Waals surface area contributed by atoms with Crippen LogP contribution in [0.15, 0.2) is 0 Å². The second-order valence-electron chi connectivity index (χ2n) is 6.95. The first-order valence-corrected chi connectivity index (χ1v) is 10.2. The van der Waals surface area contributed by atoms with Gasteiger partial charge in [-0.2, -0.15) is 0 Å². The number of rotatable bonds is 17. The summed E-state index contributed by atoms with van der Waals surface area (Å²) in [5.41, 5.74) is 5.08. The summed E-state index contributed by atoms with van der Waals surface area (Å²) < 4.78 is 4.57. The van der Waals surface area contributed by atoms with Gasteiger partial charge in [-0.3, -0.25) is 9.59 Å². The van der Waals surface area contributed by atoms with Crippen LogP contribution in [0.2, 0.25) is 0 Å². The Morgan fingerprint density at radius 3 is 1.73 bits per heavy atom. The third-order valence-electron chi connectivity index (χ3n) is 4.48. The zero-order valence-electron chi connectivity index (χ0n) is 16.7. The lowest BCUT2D eigenvalue weighted by Gasteiger charge is -2.14. The molecule has 0 aromatic rings. The molecule has 0 aliphatic heterocycles. The smallest absolute Gasteiger partial charge is 0.328 e. The molecule has 0 aliphatic carbocycles. The van der Waals surface area contributed by atoms with Gasteiger partial charge in [0, 0.05) is 6.42 Å². The summed E-state index contributed by atoms with van der Waals surface area (Å²) >= 11 is 0. The van der Waals surface area contributed by atoms with Crippen molar-refractivity contribution in [1.82, 2.24) is 5.32 Å². The molecule has 0 aromatic heterocycles. The highest BCUT2D eigenvalue weighted by atomic mass is 16.5. The van der Waals surface area contributed by atoms with E-state index < -0.39 is 17.9 Å². The molecule has 0 rings (SSSR count). The van der Waals surface area contributed by atoms with Crippen molar-refractivity contribution in [1.29, 1.82) is 0 Å². The summed E-state index contributed by atoms with van der Waals surface area (Å²) in [6.45, 7) is 2.24. The van der Waals surface area contributed by atoms with Crippen molar-refractivity contribution < 1.29 is 19.1 Å². The van der Waals surface area contributed by atoms with Crippen molar-refractivity contribution in [3.8, 4) is 0 Å². The Morgan fingerprint density at radius 1 is 0.846 bits per heavy atom. The number of carbonyl (C=O) groups excluding carboxylic acids is 3. The molecule has 0 radical (unpaired) electrons. The van der Waals surface area contributed by atoms with Crippen LogP contribution in [-0.2, 0) is 19.1 Å². The number of nitrogens with two attached hydrogens (primary N) is 1. The summed E-state index contributed by atoms with van der Waals surface area (Å²) in [6, 6.07) is -0.984. The number of hydrogen-bond acceptors (Lipinski definition) is 4. The van der Waals surface area contributed by atoms with Crippen molar-refractivity contribution in [3.63, 3.8) is 0 Å². The fraction of sp³-hybridized carbons (Fsp3) is 0.850. The minimum Gasteiger partial charge on any atom is -0.467 e. The van der Waals surface area contributed by atoms with Crippen molar-refractivity contribution in [2.24, 2.45) is 5.73 Å². The molecule has 3 N–H and O–H groups in total. The first kappa shape index (κ1) is 24.4. The van der Waals surface area contributed by atoms with Gasteiger partial charge in [-0.15, -0.1) is 0 Å². The van der Waals surface area contributed by atoms with Gasteiger partial charge in [0.25, 0.3) is 0 Å². The Bertz CT molecular complexity index is 399. The predicted octanol–water partition coefficient (Wildman–Crippen LogP) is 3.61. The van der Waals surface area contributed by atoms with Crippen molar-refractivity contribution in [3.05, 3.63) is 0 Å². The number of ether oxygens (including phenoxy) is 1. The fourth-order valence-electron chi connectivity index (χ4n) is 2.93. The largest absolute Gasteiger partial charge is 0.467 e. The standard InChI is InChI=1S/C20H38N2O4/c1-3-4-5-6-7-8-9-10-11-12-13-14-15-19(24)22-17(16-18(21)23)20(25)26-2/h17H,3-16H2,1-2H3,(H2,21,23)(H,22,24)/t17-/m0/s1. The van der Waals surface area contributed by atoms with Crippen LogP contribution in [0, 0.1) is 0 Å². The lowest BCUT2D eigenvalue weighted by atomic mass is 10.0. The molecule has 0 saturated carbocycles. The molecule has 0 aliphatic rings. The topological polar surface area (TPSA) is 98.5 Å². The average molecular weight is 371 g/mol. The van der Waals surface area contributed by atoms with E-state index in [1.165, 1.54) is 64.9 Å². The van der Waals surface area contributed by atoms with E-state index in [1.54, 1.807) is 0 Å². The highest BCUT2D eigenvalue weighted by Crippen LogP contribution is 2.12. The van der Waals surface area contributed by atoms with Gasteiger partial charge in [0.15, 0.2) is 0 Å². The van der Waals surface area contributed by atoms with Crippen molar-refractivity contribution in [2.75, 3.05) is 7.11 Å². The van der Waals surface area contributed by atoms with Gasteiger partial charge < -0.3 is 15.8 Å². The number of carbonyl (C=O) groups is 3. The van der Waals surface area contributed by atoms with Crippen LogP contribution in [0.1, 0.15) is 96.8 Å². The van der Waals surface area contributed by atoms with Crippen LogP contribution >= 0.6 is 0 Å². The number of unbranched alkanes of at least 4 members (excludes halogenated alkanes) is 11. The van der Waals surface area contributed by atoms with E-state index in [0.29, 0.717) is 6.42 Å². The second-order valence-corrected chi connectivity index (χ2v) is 6.95. The molecule has 0 fully saturated rings. The Balaban J connectivity index is 3.60. The van der Waals surface area contributed by atoms with Gasteiger partial charge in [0.2, 0.25) is 11.8 Å². The lowest BCUT2D eigenvalue weighted by Crippen LogP contribution is -2.43. The van der Waals surface area contributed by atoms with E-state index in [4.69, 9.17) is 5.73 Å². The summed E-state index contributed by atoms with van der Waals surface area (Å²) in [7, 11) is 1.22. The number of hydrogen-bond donors (Lipinski definition) is 2. The average Bonchev–Trinajstić information content (AvgIpc) is 2.61. The molecule has 0 unspecified atom stereocenters. The number of primary amides is 1. The Kier molecular flexibility index (Phi) is 15.8. The van der Waals surface area contributed by atoms with E-state index in [9.17, 15) is 14.4 Å². The minimum atomic E-state index is -0.984. The zero-order valence-corrected chi connectivity index (χ0v) is 16.7. The molecule has 152 valence electrons. The normalized spacial score (nSPS) is 11.8. The summed E-state index contributed by atoms with van der Waals surface area (Å²) in [5.74, 6) is -1.54. The molecule has 1 atom stereocenters. The first-order chi connectivity index (χ1) is 12.5. The number of amides is 2. The quantitative estimate of drug-likeness (QED) is 0.302. The molecule has 0 saturated heterocycles. The Morgan fingerprint density at radius 2 is 1.31 bits per heavy atom. The molecule has 6 heteroatoms. The predicted molar refractivity (Wildman–Crippen MR) is 103 cm³/mol. The van der Waals surface area contributed by atoms with Crippen LogP contribution in [0.25, 0.3) is 0 Å². The van der Waals surface area contributed by atoms with E-state index in [0.717, 1.165) is 19.3 Å². The van der Waals surface area contributed by atoms with Gasteiger partial charge in [-0.05, 0) is 6.42 Å². The monoisotopic (exact) mass is 370 g/mol. The molecule has 26 heavy (non-hydrogen) atoms. The molecule has 0 bridgehead atoms. The van der Waals surface area contributed by atoms with E-state index in [1.807, 2.05) is 0 Å². The molecule has 0 aromatic carbocycles. The van der Waals surface area contributed by atoms with Gasteiger partial charge in [0.05, 0.1) is 13.5 Å². The zero-order chi connectivity index (χ0) is 19.6. The molecular weight excluding hydrogens is 332 g/mol. The molecule has 2 amide bonds. The highest BCUT2D eigenvalue weighted by molar-refractivity contribution is 5.88. The summed E-state index contributed by atoms with van der Waals surface area (Å²) in [5, 5.41) is 2.52. The maximum atomic E-state index is 11.9. The molecular formula is C20H38N2O4. The van der Waals surface area contributed by atoms with Crippen LogP contribution in [0.3, 0.4) is 0 Å². The van der Waals surface area contributed by atoms with Gasteiger partial charge >= 0.3 is 5.97 Å². The van der Waals surface area contributed by atoms with Gasteiger partial charge in [-0.1, -0.05) is 77.6 Å². The third kappa shape index (κ3) is 14.7. The maximum Gasteiger partial charge on any atom is 0.328 e. The van der Waals surface area contributed by atoms with Crippen LogP contribution < -0.4 is 11.1 Å². The number of nitrogens with one attached hydrogen (secondary N) is 1. The highest BCUT2D eigenvalue weighted by Gasteiger charge is 2.23. The van der Waals surface area contributed by atoms with Crippen molar-refractivity contribution in [2.45, 2.75) is 103 Å². The minimum absolute atomic E-state index is 0.239. The van der Waals surface area contributed by atoms with Crippen LogP contribution in [0.4, 0.5) is 0 Å². The van der Waals surface area contributed by atoms with Gasteiger partial charge in [0.1, 0.15) is 6.04 Å². The Labute approximate surface area is 158 Å². The van der Waals surface area contributed by atoms with E-state index in [2.05, 4.69) is 17.0 Å². The van der Waals surface area contributed by atoms with E-state index >= 15 is 0 Å². The second kappa shape index (κ2) is 16.9. The van der Waals surface area contributed by atoms with E-state index in [-0.39, 0.29) is 12.3 Å². The van der Waals surface area contributed by atoms with Crippen LogP contribution in [-0.4, -0.2) is 30.9 Å². The Hall–Kier alpha value is -1.59. The summed E-state index contributed by atoms with van der Waals surface area (Å²) in [4.78, 5) is 34.3. The molecule has 6 nitrogen and oxygen atoms in total. The fourth-order valence-corrected chi connectivity index (χ4v) is 2.93. The SMILES string of the molecule is CCCCCCCCCCCCCCC(=O)N[C@@H](CC(N)=O)C(=O)OC. The number of esters is 1.